The van der Waals surface area contributed by atoms with Crippen molar-refractivity contribution in [1.29, 1.82) is 0 Å². The average molecular weight is 213 g/mol. The molecule has 0 spiro atoms. The molecule has 0 aliphatic carbocycles. The van der Waals surface area contributed by atoms with Gasteiger partial charge in [0.2, 0.25) is 0 Å². The Morgan fingerprint density at radius 1 is 1.73 bits per heavy atom. The number of carbonyl (C=O) groups excluding carboxylic acids is 1. The third-order valence-corrected chi connectivity index (χ3v) is 1.76. The molecule has 84 valence electrons. The summed E-state index contributed by atoms with van der Waals surface area (Å²) in [4.78, 5) is 11.2. The Bertz CT molecular complexity index is 335. The fourth-order valence-corrected chi connectivity index (χ4v) is 1.22. The molecule has 0 saturated heterocycles. The van der Waals surface area contributed by atoms with Crippen LogP contribution in [0.1, 0.15) is 5.69 Å². The number of anilines is 1. The lowest BCUT2D eigenvalue weighted by Gasteiger charge is -2.06. The van der Waals surface area contributed by atoms with Crippen molar-refractivity contribution < 1.29 is 14.6 Å². The van der Waals surface area contributed by atoms with Crippen molar-refractivity contribution in [2.75, 3.05) is 25.6 Å². The molecule has 0 aliphatic heterocycles. The zero-order valence-electron chi connectivity index (χ0n) is 8.86. The van der Waals surface area contributed by atoms with E-state index in [1.165, 1.54) is 7.11 Å². The van der Waals surface area contributed by atoms with Gasteiger partial charge in [-0.3, -0.25) is 4.79 Å². The van der Waals surface area contributed by atoms with Gasteiger partial charge in [-0.1, -0.05) is 0 Å². The number of hydrogen-bond acceptors (Lipinski definition) is 4. The molecule has 0 unspecified atom stereocenters. The number of methoxy groups -OCH3 is 1. The van der Waals surface area contributed by atoms with Crippen molar-refractivity contribution >= 4 is 11.7 Å². The molecular weight excluding hydrogens is 198 g/mol. The molecule has 1 amide bonds. The van der Waals surface area contributed by atoms with Gasteiger partial charge in [-0.05, 0) is 6.92 Å². The second-order valence-electron chi connectivity index (χ2n) is 3.10. The minimum Gasteiger partial charge on any atom is -0.394 e. The number of ether oxygens (including phenoxy) is 1. The average Bonchev–Trinajstić information content (AvgIpc) is 2.47. The van der Waals surface area contributed by atoms with Crippen LogP contribution in [0.2, 0.25) is 0 Å². The molecule has 1 aromatic heterocycles. The first-order chi connectivity index (χ1) is 7.17. The van der Waals surface area contributed by atoms with Crippen LogP contribution in [-0.2, 0) is 16.1 Å². The van der Waals surface area contributed by atoms with E-state index in [9.17, 15) is 4.79 Å². The topological polar surface area (TPSA) is 76.4 Å². The molecule has 0 aromatic carbocycles. The summed E-state index contributed by atoms with van der Waals surface area (Å²) in [6.07, 6.45) is 0. The highest BCUT2D eigenvalue weighted by atomic mass is 16.5. The second-order valence-corrected chi connectivity index (χ2v) is 3.10. The number of rotatable bonds is 5. The molecule has 1 aromatic rings. The first-order valence-electron chi connectivity index (χ1n) is 4.61. The van der Waals surface area contributed by atoms with Gasteiger partial charge in [0.15, 0.2) is 0 Å². The van der Waals surface area contributed by atoms with Crippen LogP contribution in [0, 0.1) is 6.92 Å². The smallest absolute Gasteiger partial charge is 0.251 e. The number of nitrogens with zero attached hydrogens (tertiary/aromatic N) is 2. The number of aliphatic hydroxyl groups is 1. The first-order valence-corrected chi connectivity index (χ1v) is 4.61. The van der Waals surface area contributed by atoms with E-state index in [2.05, 4.69) is 10.4 Å². The van der Waals surface area contributed by atoms with E-state index < -0.39 is 0 Å². The maximum Gasteiger partial charge on any atom is 0.251 e. The largest absolute Gasteiger partial charge is 0.394 e. The second kappa shape index (κ2) is 5.47. The van der Waals surface area contributed by atoms with Gasteiger partial charge in [0.05, 0.1) is 18.8 Å². The molecule has 6 nitrogen and oxygen atoms in total. The number of nitrogens with one attached hydrogen (secondary N) is 1. The van der Waals surface area contributed by atoms with Crippen LogP contribution in [0.5, 0.6) is 0 Å². The van der Waals surface area contributed by atoms with Crippen LogP contribution in [0.15, 0.2) is 6.07 Å². The number of amides is 1. The summed E-state index contributed by atoms with van der Waals surface area (Å²) in [6, 6.07) is 1.74. The number of aliphatic hydroxyl groups excluding tert-OH is 1. The third kappa shape index (κ3) is 3.34. The summed E-state index contributed by atoms with van der Waals surface area (Å²) < 4.78 is 6.24. The maximum absolute atomic E-state index is 11.2. The minimum atomic E-state index is -0.239. The fraction of sp³-hybridized carbons (Fsp3) is 0.556. The maximum atomic E-state index is 11.2. The lowest BCUT2D eigenvalue weighted by molar-refractivity contribution is -0.119. The van der Waals surface area contributed by atoms with E-state index in [0.29, 0.717) is 12.4 Å². The molecule has 2 N–H and O–H groups in total. The summed E-state index contributed by atoms with van der Waals surface area (Å²) >= 11 is 0. The Kier molecular flexibility index (Phi) is 4.26. The zero-order valence-corrected chi connectivity index (χ0v) is 8.86. The Morgan fingerprint density at radius 2 is 2.47 bits per heavy atom. The Balaban J connectivity index is 2.70. The standard InChI is InChI=1S/C9H15N3O3/c1-7-5-8(10-9(14)6-15-2)12(11-7)3-4-13/h5,13H,3-4,6H2,1-2H3,(H,10,14). The van der Waals surface area contributed by atoms with Crippen LogP contribution < -0.4 is 5.32 Å². The molecular formula is C9H15N3O3. The molecule has 15 heavy (non-hydrogen) atoms. The van der Waals surface area contributed by atoms with E-state index in [1.54, 1.807) is 10.7 Å². The van der Waals surface area contributed by atoms with Gasteiger partial charge in [0.25, 0.3) is 5.91 Å². The van der Waals surface area contributed by atoms with E-state index in [1.807, 2.05) is 6.92 Å². The number of carbonyl (C=O) groups is 1. The summed E-state index contributed by atoms with van der Waals surface area (Å²) in [5, 5.41) is 15.5. The summed E-state index contributed by atoms with van der Waals surface area (Å²) in [5.74, 6) is 0.334. The summed E-state index contributed by atoms with van der Waals surface area (Å²) in [5.41, 5.74) is 0.788. The first kappa shape index (κ1) is 11.7. The molecule has 0 aliphatic rings. The normalized spacial score (nSPS) is 10.3. The monoisotopic (exact) mass is 213 g/mol. The van der Waals surface area contributed by atoms with Crippen molar-refractivity contribution in [2.45, 2.75) is 13.5 Å². The molecule has 0 bridgehead atoms. The van der Waals surface area contributed by atoms with Crippen molar-refractivity contribution in [3.63, 3.8) is 0 Å². The predicted molar refractivity (Wildman–Crippen MR) is 54.6 cm³/mol. The van der Waals surface area contributed by atoms with Gasteiger partial charge in [-0.25, -0.2) is 4.68 Å². The number of aryl methyl sites for hydroxylation is 1. The summed E-state index contributed by atoms with van der Waals surface area (Å²) in [6.45, 7) is 2.16. The van der Waals surface area contributed by atoms with Gasteiger partial charge in [-0.2, -0.15) is 5.10 Å². The highest BCUT2D eigenvalue weighted by Gasteiger charge is 2.08. The van der Waals surface area contributed by atoms with Gasteiger partial charge >= 0.3 is 0 Å². The van der Waals surface area contributed by atoms with Crippen LogP contribution in [0.25, 0.3) is 0 Å². The van der Waals surface area contributed by atoms with Gasteiger partial charge in [-0.15, -0.1) is 0 Å². The predicted octanol–water partition coefficient (Wildman–Crippen LogP) is -0.231. The highest BCUT2D eigenvalue weighted by molar-refractivity contribution is 5.90. The van der Waals surface area contributed by atoms with E-state index >= 15 is 0 Å². The van der Waals surface area contributed by atoms with Crippen LogP contribution >= 0.6 is 0 Å². The molecule has 0 saturated carbocycles. The van der Waals surface area contributed by atoms with Crippen LogP contribution in [0.4, 0.5) is 5.82 Å². The molecule has 0 fully saturated rings. The summed E-state index contributed by atoms with van der Waals surface area (Å²) in [7, 11) is 1.45. The lowest BCUT2D eigenvalue weighted by Crippen LogP contribution is -2.20. The fourth-order valence-electron chi connectivity index (χ4n) is 1.22. The Labute approximate surface area is 87.8 Å². The third-order valence-electron chi connectivity index (χ3n) is 1.76. The zero-order chi connectivity index (χ0) is 11.3. The molecule has 6 heteroatoms. The van der Waals surface area contributed by atoms with Gasteiger partial charge in [0.1, 0.15) is 12.4 Å². The van der Waals surface area contributed by atoms with Crippen LogP contribution in [-0.4, -0.2) is 41.1 Å². The van der Waals surface area contributed by atoms with Gasteiger partial charge < -0.3 is 15.2 Å². The van der Waals surface area contributed by atoms with Crippen molar-refractivity contribution in [2.24, 2.45) is 0 Å². The molecule has 1 heterocycles. The Morgan fingerprint density at radius 3 is 3.07 bits per heavy atom. The van der Waals surface area contributed by atoms with Crippen LogP contribution in [0.3, 0.4) is 0 Å². The minimum absolute atomic E-state index is 0.00333. The van der Waals surface area contributed by atoms with E-state index in [4.69, 9.17) is 9.84 Å². The SMILES string of the molecule is COCC(=O)Nc1cc(C)nn1CCO. The molecule has 0 atom stereocenters. The van der Waals surface area contributed by atoms with E-state index in [0.717, 1.165) is 5.69 Å². The van der Waals surface area contributed by atoms with Gasteiger partial charge in [0, 0.05) is 13.2 Å². The highest BCUT2D eigenvalue weighted by Crippen LogP contribution is 2.09. The number of hydrogen-bond donors (Lipinski definition) is 2. The van der Waals surface area contributed by atoms with Crippen molar-refractivity contribution in [1.82, 2.24) is 9.78 Å². The number of aromatic nitrogens is 2. The lowest BCUT2D eigenvalue weighted by atomic mass is 10.4. The molecule has 0 radical (unpaired) electrons. The molecule has 1 rings (SSSR count). The van der Waals surface area contributed by atoms with Crippen molar-refractivity contribution in [3.8, 4) is 0 Å². The Hall–Kier alpha value is -1.40. The van der Waals surface area contributed by atoms with Crippen molar-refractivity contribution in [3.05, 3.63) is 11.8 Å². The quantitative estimate of drug-likeness (QED) is 0.708. The van der Waals surface area contributed by atoms with E-state index in [-0.39, 0.29) is 19.1 Å².